The summed E-state index contributed by atoms with van der Waals surface area (Å²) in [6, 6.07) is 0. The van der Waals surface area contributed by atoms with Crippen LogP contribution in [0.4, 0.5) is 11.6 Å². The minimum Gasteiger partial charge on any atom is -0.382 e. The lowest BCUT2D eigenvalue weighted by molar-refractivity contribution is -0.0255. The van der Waals surface area contributed by atoms with Crippen LogP contribution in [-0.4, -0.2) is 29.2 Å². The fourth-order valence-electron chi connectivity index (χ4n) is 2.18. The van der Waals surface area contributed by atoms with Crippen LogP contribution in [0.1, 0.15) is 26.2 Å². The molecule has 3 N–H and O–H groups in total. The van der Waals surface area contributed by atoms with Gasteiger partial charge in [0.25, 0.3) is 0 Å². The summed E-state index contributed by atoms with van der Waals surface area (Å²) in [5.74, 6) is 1.67. The minimum absolute atomic E-state index is 0.314. The molecule has 1 heterocycles. The Kier molecular flexibility index (Phi) is 4.60. The lowest BCUT2D eigenvalue weighted by Gasteiger charge is -2.35. The van der Waals surface area contributed by atoms with Crippen molar-refractivity contribution in [2.75, 3.05) is 24.2 Å². The van der Waals surface area contributed by atoms with Gasteiger partial charge >= 0.3 is 0 Å². The van der Waals surface area contributed by atoms with E-state index >= 15 is 0 Å². The topological polar surface area (TPSA) is 73.1 Å². The van der Waals surface area contributed by atoms with Crippen molar-refractivity contribution in [3.63, 3.8) is 0 Å². The van der Waals surface area contributed by atoms with Crippen molar-refractivity contribution in [3.8, 4) is 0 Å². The van der Waals surface area contributed by atoms with Crippen LogP contribution in [0.25, 0.3) is 0 Å². The Labute approximate surface area is 112 Å². The smallest absolute Gasteiger partial charge is 0.150 e. The Balaban J connectivity index is 1.69. The molecule has 0 aromatic carbocycles. The molecular weight excluding hydrogens is 252 g/mol. The number of nitrogens with zero attached hydrogens (tertiary/aromatic N) is 2. The van der Waals surface area contributed by atoms with Gasteiger partial charge in [0.05, 0.1) is 6.10 Å². The molecule has 1 saturated carbocycles. The van der Waals surface area contributed by atoms with Gasteiger partial charge in [-0.3, -0.25) is 0 Å². The van der Waals surface area contributed by atoms with Crippen molar-refractivity contribution in [2.24, 2.45) is 5.92 Å². The summed E-state index contributed by atoms with van der Waals surface area (Å²) in [5, 5.41) is 3.60. The highest BCUT2D eigenvalue weighted by molar-refractivity contribution is 6.35. The zero-order valence-electron chi connectivity index (χ0n) is 10.5. The van der Waals surface area contributed by atoms with Crippen molar-refractivity contribution in [2.45, 2.75) is 32.3 Å². The van der Waals surface area contributed by atoms with Crippen LogP contribution in [0.5, 0.6) is 0 Å². The number of halogens is 1. The lowest BCUT2D eigenvalue weighted by atomic mass is 9.80. The van der Waals surface area contributed by atoms with E-state index in [9.17, 15) is 0 Å². The van der Waals surface area contributed by atoms with Crippen LogP contribution in [0.15, 0.2) is 6.33 Å². The van der Waals surface area contributed by atoms with Crippen molar-refractivity contribution >= 4 is 23.2 Å². The summed E-state index contributed by atoms with van der Waals surface area (Å²) >= 11 is 5.99. The van der Waals surface area contributed by atoms with Crippen LogP contribution >= 0.6 is 11.6 Å². The zero-order valence-corrected chi connectivity index (χ0v) is 11.3. The third-order valence-electron chi connectivity index (χ3n) is 3.26. The Morgan fingerprint density at radius 3 is 3.00 bits per heavy atom. The number of nitrogens with two attached hydrogens (primary N) is 1. The molecule has 1 aliphatic rings. The normalized spacial score (nSPS) is 22.6. The molecule has 0 aliphatic heterocycles. The third-order valence-corrected chi connectivity index (χ3v) is 3.63. The SMILES string of the molecule is CCOC1CC(CCNc2ncnc(N)c2Cl)C1. The molecule has 2 rings (SSSR count). The van der Waals surface area contributed by atoms with Gasteiger partial charge in [0, 0.05) is 13.2 Å². The molecule has 0 atom stereocenters. The highest BCUT2D eigenvalue weighted by atomic mass is 35.5. The summed E-state index contributed by atoms with van der Waals surface area (Å²) in [7, 11) is 0. The van der Waals surface area contributed by atoms with E-state index in [2.05, 4.69) is 15.3 Å². The average molecular weight is 271 g/mol. The van der Waals surface area contributed by atoms with Crippen LogP contribution in [-0.2, 0) is 4.74 Å². The number of nitrogen functional groups attached to an aromatic ring is 1. The largest absolute Gasteiger partial charge is 0.382 e. The van der Waals surface area contributed by atoms with Gasteiger partial charge in [-0.1, -0.05) is 11.6 Å². The number of ether oxygens (including phenoxy) is 1. The van der Waals surface area contributed by atoms with Crippen LogP contribution in [0.3, 0.4) is 0 Å². The maximum absolute atomic E-state index is 5.99. The average Bonchev–Trinajstić information content (AvgIpc) is 2.31. The Morgan fingerprint density at radius 1 is 1.50 bits per heavy atom. The summed E-state index contributed by atoms with van der Waals surface area (Å²) in [6.45, 7) is 3.70. The standard InChI is InChI=1S/C12H19ClN4O/c1-2-18-9-5-8(6-9)3-4-15-12-10(13)11(14)16-7-17-12/h7-9H,2-6H2,1H3,(H3,14,15,16,17). The molecule has 1 aromatic heterocycles. The van der Waals surface area contributed by atoms with E-state index in [1.165, 1.54) is 6.33 Å². The molecule has 6 heteroatoms. The molecule has 18 heavy (non-hydrogen) atoms. The molecule has 0 spiro atoms. The summed E-state index contributed by atoms with van der Waals surface area (Å²) in [5.41, 5.74) is 5.60. The molecule has 0 radical (unpaired) electrons. The number of anilines is 2. The maximum Gasteiger partial charge on any atom is 0.150 e. The lowest BCUT2D eigenvalue weighted by Crippen LogP contribution is -2.32. The minimum atomic E-state index is 0.314. The molecule has 100 valence electrons. The van der Waals surface area contributed by atoms with Gasteiger partial charge in [-0.25, -0.2) is 9.97 Å². The fourth-order valence-corrected chi connectivity index (χ4v) is 2.35. The molecule has 0 amide bonds. The quantitative estimate of drug-likeness (QED) is 0.830. The van der Waals surface area contributed by atoms with Gasteiger partial charge in [0.15, 0.2) is 0 Å². The first-order valence-electron chi connectivity index (χ1n) is 6.32. The van der Waals surface area contributed by atoms with Gasteiger partial charge in [-0.2, -0.15) is 0 Å². The second kappa shape index (κ2) is 6.20. The van der Waals surface area contributed by atoms with Gasteiger partial charge in [-0.05, 0) is 32.1 Å². The predicted molar refractivity (Wildman–Crippen MR) is 72.7 cm³/mol. The van der Waals surface area contributed by atoms with Gasteiger partial charge in [0.2, 0.25) is 0 Å². The molecule has 5 nitrogen and oxygen atoms in total. The van der Waals surface area contributed by atoms with E-state index < -0.39 is 0 Å². The van der Waals surface area contributed by atoms with E-state index in [0.29, 0.717) is 22.8 Å². The third kappa shape index (κ3) is 3.23. The number of aromatic nitrogens is 2. The first-order valence-corrected chi connectivity index (χ1v) is 6.70. The molecule has 0 saturated heterocycles. The van der Waals surface area contributed by atoms with Gasteiger partial charge < -0.3 is 15.8 Å². The van der Waals surface area contributed by atoms with Gasteiger partial charge in [0.1, 0.15) is 23.0 Å². The van der Waals surface area contributed by atoms with Gasteiger partial charge in [-0.15, -0.1) is 0 Å². The molecule has 1 aromatic rings. The van der Waals surface area contributed by atoms with Crippen LogP contribution in [0.2, 0.25) is 5.02 Å². The number of nitrogens with one attached hydrogen (secondary N) is 1. The first kappa shape index (κ1) is 13.4. The predicted octanol–water partition coefficient (Wildman–Crippen LogP) is 2.33. The molecule has 0 bridgehead atoms. The number of hydrogen-bond acceptors (Lipinski definition) is 5. The molecular formula is C12H19ClN4O. The summed E-state index contributed by atoms with van der Waals surface area (Å²) < 4.78 is 5.53. The second-order valence-electron chi connectivity index (χ2n) is 4.55. The second-order valence-corrected chi connectivity index (χ2v) is 4.93. The summed E-state index contributed by atoms with van der Waals surface area (Å²) in [6.07, 6.45) is 5.31. The Morgan fingerprint density at radius 2 is 2.28 bits per heavy atom. The van der Waals surface area contributed by atoms with E-state index in [4.69, 9.17) is 22.1 Å². The number of rotatable bonds is 6. The highest BCUT2D eigenvalue weighted by Crippen LogP contribution is 2.32. The first-order chi connectivity index (χ1) is 8.70. The van der Waals surface area contributed by atoms with Crippen molar-refractivity contribution in [1.29, 1.82) is 0 Å². The van der Waals surface area contributed by atoms with E-state index in [-0.39, 0.29) is 0 Å². The fraction of sp³-hybridized carbons (Fsp3) is 0.667. The van der Waals surface area contributed by atoms with Crippen LogP contribution < -0.4 is 11.1 Å². The van der Waals surface area contributed by atoms with Crippen molar-refractivity contribution in [1.82, 2.24) is 9.97 Å². The van der Waals surface area contributed by atoms with Crippen LogP contribution in [0, 0.1) is 5.92 Å². The summed E-state index contributed by atoms with van der Waals surface area (Å²) in [4.78, 5) is 7.88. The Hall–Kier alpha value is -1.07. The van der Waals surface area contributed by atoms with E-state index in [1.54, 1.807) is 0 Å². The Bertz CT molecular complexity index is 396. The molecule has 1 fully saturated rings. The number of hydrogen-bond donors (Lipinski definition) is 2. The van der Waals surface area contributed by atoms with Crippen molar-refractivity contribution in [3.05, 3.63) is 11.3 Å². The molecule has 0 unspecified atom stereocenters. The van der Waals surface area contributed by atoms with E-state index in [1.807, 2.05) is 6.92 Å². The monoisotopic (exact) mass is 270 g/mol. The van der Waals surface area contributed by atoms with Crippen molar-refractivity contribution < 1.29 is 4.74 Å². The molecule has 1 aliphatic carbocycles. The maximum atomic E-state index is 5.99. The van der Waals surface area contributed by atoms with E-state index in [0.717, 1.165) is 38.3 Å². The zero-order chi connectivity index (χ0) is 13.0. The highest BCUT2D eigenvalue weighted by Gasteiger charge is 2.28.